The summed E-state index contributed by atoms with van der Waals surface area (Å²) < 4.78 is 11.2. The highest BCUT2D eigenvalue weighted by Crippen LogP contribution is 2.18. The molecule has 0 aromatic carbocycles. The normalized spacial score (nSPS) is 12.4. The molecule has 0 heterocycles. The summed E-state index contributed by atoms with van der Waals surface area (Å²) in [4.78, 5) is 0. The van der Waals surface area contributed by atoms with Gasteiger partial charge in [0.25, 0.3) is 0 Å². The number of hydrogen-bond donors (Lipinski definition) is 0. The molecule has 0 aliphatic carbocycles. The average Bonchev–Trinajstić information content (AvgIpc) is 2.08. The predicted octanol–water partition coefficient (Wildman–Crippen LogP) is 3.60. The topological polar surface area (TPSA) is 18.5 Å². The minimum atomic E-state index is -0.262. The first-order valence-electron chi connectivity index (χ1n) is 6.09. The van der Waals surface area contributed by atoms with Crippen molar-refractivity contribution in [2.75, 3.05) is 13.2 Å². The summed E-state index contributed by atoms with van der Waals surface area (Å²) in [5.41, 5.74) is -0.262. The molecule has 0 aliphatic rings. The van der Waals surface area contributed by atoms with Gasteiger partial charge in [-0.1, -0.05) is 13.3 Å². The van der Waals surface area contributed by atoms with Gasteiger partial charge in [0.2, 0.25) is 0 Å². The van der Waals surface area contributed by atoms with Crippen LogP contribution >= 0.6 is 0 Å². The second-order valence-electron chi connectivity index (χ2n) is 4.69. The minimum Gasteiger partial charge on any atom is -0.381 e. The van der Waals surface area contributed by atoms with Gasteiger partial charge in [-0.25, -0.2) is 0 Å². The molecule has 15 heavy (non-hydrogen) atoms. The lowest BCUT2D eigenvalue weighted by molar-refractivity contribution is -0.0465. The fourth-order valence-corrected chi connectivity index (χ4v) is 1.52. The van der Waals surface area contributed by atoms with Gasteiger partial charge in [-0.15, -0.1) is 0 Å². The Labute approximate surface area is 95.3 Å². The molecule has 2 heteroatoms. The van der Waals surface area contributed by atoms with Crippen LogP contribution in [-0.4, -0.2) is 24.9 Å². The molecule has 0 fully saturated rings. The largest absolute Gasteiger partial charge is 0.381 e. The lowest BCUT2D eigenvalue weighted by Gasteiger charge is -2.27. The van der Waals surface area contributed by atoms with Gasteiger partial charge in [0.1, 0.15) is 0 Å². The molecule has 1 unspecified atom stereocenters. The van der Waals surface area contributed by atoms with Crippen molar-refractivity contribution in [3.05, 3.63) is 6.92 Å². The monoisotopic (exact) mass is 215 g/mol. The summed E-state index contributed by atoms with van der Waals surface area (Å²) in [5.74, 6) is 0. The quantitative estimate of drug-likeness (QED) is 0.547. The molecule has 0 bridgehead atoms. The Morgan fingerprint density at radius 3 is 2.33 bits per heavy atom. The Hall–Kier alpha value is -0.0800. The third kappa shape index (κ3) is 10.2. The standard InChI is InChI=1S/C13H27O2/c1-6-7-10-14-11-8-9-13(4,5)15-12(2)3/h12H,4,6-11H2,1-3,5H3. The van der Waals surface area contributed by atoms with Crippen molar-refractivity contribution in [3.8, 4) is 0 Å². The van der Waals surface area contributed by atoms with Crippen molar-refractivity contribution >= 4 is 0 Å². The molecule has 0 aromatic rings. The number of rotatable bonds is 9. The zero-order valence-corrected chi connectivity index (χ0v) is 10.8. The molecule has 0 saturated carbocycles. The van der Waals surface area contributed by atoms with Gasteiger partial charge in [-0.05, 0) is 47.0 Å². The highest BCUT2D eigenvalue weighted by molar-refractivity contribution is 4.78. The van der Waals surface area contributed by atoms with E-state index in [4.69, 9.17) is 9.47 Å². The lowest BCUT2D eigenvalue weighted by atomic mass is 10.0. The van der Waals surface area contributed by atoms with E-state index in [1.807, 2.05) is 20.8 Å². The van der Waals surface area contributed by atoms with Gasteiger partial charge < -0.3 is 9.47 Å². The molecule has 2 nitrogen and oxygen atoms in total. The molecule has 0 saturated heterocycles. The molecule has 91 valence electrons. The maximum atomic E-state index is 5.70. The van der Waals surface area contributed by atoms with E-state index in [2.05, 4.69) is 13.8 Å². The summed E-state index contributed by atoms with van der Waals surface area (Å²) in [7, 11) is 0. The zero-order chi connectivity index (χ0) is 11.7. The lowest BCUT2D eigenvalue weighted by Crippen LogP contribution is -2.28. The third-order valence-corrected chi connectivity index (χ3v) is 2.16. The van der Waals surface area contributed by atoms with E-state index >= 15 is 0 Å². The summed E-state index contributed by atoms with van der Waals surface area (Å²) in [6.45, 7) is 14.1. The van der Waals surface area contributed by atoms with Crippen LogP contribution < -0.4 is 0 Å². The van der Waals surface area contributed by atoms with Gasteiger partial charge in [0.15, 0.2) is 0 Å². The van der Waals surface area contributed by atoms with Gasteiger partial charge in [-0.2, -0.15) is 0 Å². The second-order valence-corrected chi connectivity index (χ2v) is 4.69. The molecule has 0 rings (SSSR count). The van der Waals surface area contributed by atoms with Crippen molar-refractivity contribution in [3.63, 3.8) is 0 Å². The van der Waals surface area contributed by atoms with Crippen LogP contribution in [0.5, 0.6) is 0 Å². The summed E-state index contributed by atoms with van der Waals surface area (Å²) >= 11 is 0. The van der Waals surface area contributed by atoms with Crippen molar-refractivity contribution in [1.82, 2.24) is 0 Å². The van der Waals surface area contributed by atoms with Crippen LogP contribution in [0.4, 0.5) is 0 Å². The van der Waals surface area contributed by atoms with Crippen LogP contribution in [0.15, 0.2) is 0 Å². The minimum absolute atomic E-state index is 0.244. The van der Waals surface area contributed by atoms with Crippen LogP contribution in [-0.2, 0) is 9.47 Å². The number of ether oxygens (including phenoxy) is 2. The van der Waals surface area contributed by atoms with E-state index in [-0.39, 0.29) is 11.7 Å². The van der Waals surface area contributed by atoms with E-state index in [1.165, 1.54) is 6.42 Å². The fraction of sp³-hybridized carbons (Fsp3) is 0.923. The van der Waals surface area contributed by atoms with Crippen molar-refractivity contribution < 1.29 is 9.47 Å². The van der Waals surface area contributed by atoms with E-state index in [1.54, 1.807) is 0 Å². The fourth-order valence-electron chi connectivity index (χ4n) is 1.52. The molecule has 0 amide bonds. The first kappa shape index (κ1) is 14.9. The molecule has 1 radical (unpaired) electrons. The number of unbranched alkanes of at least 4 members (excludes halogenated alkanes) is 1. The van der Waals surface area contributed by atoms with Crippen LogP contribution in [0.25, 0.3) is 0 Å². The Morgan fingerprint density at radius 1 is 1.20 bits per heavy atom. The maximum Gasteiger partial charge on any atom is 0.0660 e. The summed E-state index contributed by atoms with van der Waals surface area (Å²) in [6.07, 6.45) is 4.58. The van der Waals surface area contributed by atoms with Gasteiger partial charge >= 0.3 is 0 Å². The Kier molecular flexibility index (Phi) is 8.07. The van der Waals surface area contributed by atoms with Crippen molar-refractivity contribution in [1.29, 1.82) is 0 Å². The van der Waals surface area contributed by atoms with Gasteiger partial charge in [0.05, 0.1) is 11.7 Å². The van der Waals surface area contributed by atoms with Crippen molar-refractivity contribution in [2.45, 2.75) is 65.1 Å². The molecule has 1 atom stereocenters. The smallest absolute Gasteiger partial charge is 0.0660 e. The van der Waals surface area contributed by atoms with Crippen LogP contribution in [0.2, 0.25) is 0 Å². The highest BCUT2D eigenvalue weighted by Gasteiger charge is 2.19. The van der Waals surface area contributed by atoms with E-state index in [0.29, 0.717) is 0 Å². The van der Waals surface area contributed by atoms with Crippen molar-refractivity contribution in [2.24, 2.45) is 0 Å². The SMILES string of the molecule is [CH2]C(C)(CCCOCCCC)OC(C)C. The van der Waals surface area contributed by atoms with E-state index in [9.17, 15) is 0 Å². The number of hydrogen-bond acceptors (Lipinski definition) is 2. The highest BCUT2D eigenvalue weighted by atomic mass is 16.5. The molecule has 0 N–H and O–H groups in total. The van der Waals surface area contributed by atoms with E-state index in [0.717, 1.165) is 32.5 Å². The average molecular weight is 215 g/mol. The van der Waals surface area contributed by atoms with Crippen LogP contribution in [0.1, 0.15) is 53.4 Å². The molecule has 0 aromatic heterocycles. The summed E-state index contributed by atoms with van der Waals surface area (Å²) in [6, 6.07) is 0. The van der Waals surface area contributed by atoms with Gasteiger partial charge in [-0.3, -0.25) is 0 Å². The second kappa shape index (κ2) is 8.12. The Balaban J connectivity index is 3.40. The van der Waals surface area contributed by atoms with E-state index < -0.39 is 0 Å². The first-order chi connectivity index (χ1) is 6.98. The third-order valence-electron chi connectivity index (χ3n) is 2.16. The molecule has 0 aliphatic heterocycles. The summed E-state index contributed by atoms with van der Waals surface area (Å²) in [5, 5.41) is 0. The maximum absolute atomic E-state index is 5.70. The molecule has 0 spiro atoms. The molecular formula is C13H27O2. The van der Waals surface area contributed by atoms with Crippen LogP contribution in [0, 0.1) is 6.92 Å². The molecular weight excluding hydrogens is 188 g/mol. The predicted molar refractivity (Wildman–Crippen MR) is 64.9 cm³/mol. The van der Waals surface area contributed by atoms with Crippen LogP contribution in [0.3, 0.4) is 0 Å². The Morgan fingerprint density at radius 2 is 1.80 bits per heavy atom. The van der Waals surface area contributed by atoms with Gasteiger partial charge in [0, 0.05) is 13.2 Å². The first-order valence-corrected chi connectivity index (χ1v) is 6.09. The Bertz CT molecular complexity index is 141. The zero-order valence-electron chi connectivity index (χ0n) is 10.8.